The molecule has 4 aromatic carbocycles. The van der Waals surface area contributed by atoms with E-state index in [2.05, 4.69) is 57.2 Å². The molecular weight excluding hydrogens is 891 g/mol. The molecule has 6 rings (SSSR count). The van der Waals surface area contributed by atoms with E-state index >= 15 is 0 Å². The smallest absolute Gasteiger partial charge is 0.255 e. The second kappa shape index (κ2) is 23.5. The van der Waals surface area contributed by atoms with Gasteiger partial charge in [0, 0.05) is 54.9 Å². The van der Waals surface area contributed by atoms with Crippen molar-refractivity contribution in [2.75, 3.05) is 46.4 Å². The van der Waals surface area contributed by atoms with E-state index < -0.39 is 53.7 Å². The van der Waals surface area contributed by atoms with Crippen LogP contribution >= 0.6 is 0 Å². The van der Waals surface area contributed by atoms with Crippen LogP contribution in [0.4, 0.5) is 0 Å². The minimum atomic E-state index is -1.41. The van der Waals surface area contributed by atoms with E-state index in [0.717, 1.165) is 11.1 Å². The van der Waals surface area contributed by atoms with Crippen LogP contribution in [0.15, 0.2) is 97.2 Å². The van der Waals surface area contributed by atoms with Crippen molar-refractivity contribution in [1.29, 1.82) is 5.26 Å². The maximum absolute atomic E-state index is 14.7. The van der Waals surface area contributed by atoms with Crippen molar-refractivity contribution in [1.82, 2.24) is 36.1 Å². The van der Waals surface area contributed by atoms with Gasteiger partial charge in [-0.15, -0.1) is 0 Å². The molecule has 366 valence electrons. The molecule has 1 aliphatic rings. The standard InChI is InChI=1S/C52H61N11O7/c1-31-40(30-58-46(59-31)34-12-15-37(16-13-34)52(3,4)36-9-7-6-8-10-36)48(65)61-41(19-20-53)51(68)63(5)45-35-14-18-44(70-26-23-56)39(29-35)38-27-33(11-17-43(38)69-25-22-55)28-42(49(66)57-24-21-54)62-47(64)32(2)60-50(45)67/h6-18,27,29-30,32,41-42,45H,19-20,22-26,28,53,55-56H2,1-5H3,(H,57,66)(H,60,67)(H,61,65)(H,62,64)/t32-,41?,42-,45-/m0/s1. The van der Waals surface area contributed by atoms with E-state index in [-0.39, 0.29) is 63.2 Å². The third-order valence-corrected chi connectivity index (χ3v) is 12.2. The van der Waals surface area contributed by atoms with Crippen molar-refractivity contribution in [2.24, 2.45) is 17.2 Å². The number of nitrogens with zero attached hydrogens (tertiary/aromatic N) is 4. The van der Waals surface area contributed by atoms with Crippen LogP contribution in [0, 0.1) is 18.3 Å². The summed E-state index contributed by atoms with van der Waals surface area (Å²) in [6, 6.07) is 25.2. The highest BCUT2D eigenvalue weighted by Gasteiger charge is 2.36. The Bertz CT molecular complexity index is 2730. The lowest BCUT2D eigenvalue weighted by molar-refractivity contribution is -0.141. The zero-order valence-corrected chi connectivity index (χ0v) is 40.1. The molecule has 0 aliphatic carbocycles. The Hall–Kier alpha value is -7.72. The number of nitrogens with one attached hydrogen (secondary N) is 4. The molecule has 18 nitrogen and oxygen atoms in total. The molecule has 18 heteroatoms. The monoisotopic (exact) mass is 951 g/mol. The normalized spacial score (nSPS) is 16.3. The van der Waals surface area contributed by atoms with E-state index in [4.69, 9.17) is 26.7 Å². The Morgan fingerprint density at radius 3 is 2.14 bits per heavy atom. The van der Waals surface area contributed by atoms with E-state index in [1.165, 1.54) is 30.6 Å². The topological polar surface area (TPSA) is 283 Å². The number of nitriles is 1. The van der Waals surface area contributed by atoms with Gasteiger partial charge in [0.15, 0.2) is 5.82 Å². The third kappa shape index (κ3) is 12.1. The van der Waals surface area contributed by atoms with Crippen molar-refractivity contribution in [3.8, 4) is 40.1 Å². The minimum Gasteiger partial charge on any atom is -0.492 e. The summed E-state index contributed by atoms with van der Waals surface area (Å²) in [4.78, 5) is 80.9. The SMILES string of the molecule is Cc1nc(-c2ccc(C(C)(C)c3ccccc3)cc2)ncc1C(=O)NC(CCN)C(=O)N(C)[C@@H]1C(=O)N[C@@H](C)C(=O)N[C@H](C(=O)NCC#N)Cc2ccc(OCCN)c(c2)-c2cc1ccc2OCCN. The van der Waals surface area contributed by atoms with Gasteiger partial charge in [0.2, 0.25) is 23.6 Å². The number of carbonyl (C=O) groups excluding carboxylic acids is 5. The summed E-state index contributed by atoms with van der Waals surface area (Å²) in [6.45, 7) is 7.78. The van der Waals surface area contributed by atoms with Crippen molar-refractivity contribution in [2.45, 2.75) is 70.1 Å². The van der Waals surface area contributed by atoms with Crippen LogP contribution in [0.25, 0.3) is 22.5 Å². The van der Waals surface area contributed by atoms with Gasteiger partial charge < -0.3 is 52.8 Å². The molecule has 0 radical (unpaired) electrons. The first kappa shape index (κ1) is 51.7. The molecule has 2 heterocycles. The summed E-state index contributed by atoms with van der Waals surface area (Å²) < 4.78 is 12.2. The molecule has 0 saturated carbocycles. The molecular formula is C52H61N11O7. The molecule has 0 saturated heterocycles. The maximum atomic E-state index is 14.7. The van der Waals surface area contributed by atoms with Gasteiger partial charge in [-0.3, -0.25) is 24.0 Å². The van der Waals surface area contributed by atoms with Crippen LogP contribution in [0.2, 0.25) is 0 Å². The Kier molecular flexibility index (Phi) is 17.4. The summed E-state index contributed by atoms with van der Waals surface area (Å²) >= 11 is 0. The zero-order valence-electron chi connectivity index (χ0n) is 40.1. The molecule has 0 spiro atoms. The number of nitrogens with two attached hydrogens (primary N) is 3. The lowest BCUT2D eigenvalue weighted by Crippen LogP contribution is -2.56. The number of aromatic nitrogens is 2. The van der Waals surface area contributed by atoms with Gasteiger partial charge in [-0.1, -0.05) is 80.6 Å². The summed E-state index contributed by atoms with van der Waals surface area (Å²) in [7, 11) is 1.41. The summed E-state index contributed by atoms with van der Waals surface area (Å²) in [6.07, 6.45) is 1.40. The molecule has 10 N–H and O–H groups in total. The van der Waals surface area contributed by atoms with Crippen LogP contribution < -0.4 is 47.9 Å². The van der Waals surface area contributed by atoms with E-state index in [1.54, 1.807) is 43.3 Å². The zero-order chi connectivity index (χ0) is 50.5. The number of hydrogen-bond donors (Lipinski definition) is 7. The quantitative estimate of drug-likeness (QED) is 0.0662. The molecule has 1 aliphatic heterocycles. The lowest BCUT2D eigenvalue weighted by Gasteiger charge is -2.32. The molecule has 1 unspecified atom stereocenters. The first-order valence-electron chi connectivity index (χ1n) is 23.1. The highest BCUT2D eigenvalue weighted by Crippen LogP contribution is 2.40. The fourth-order valence-electron chi connectivity index (χ4n) is 8.25. The Balaban J connectivity index is 1.34. The van der Waals surface area contributed by atoms with E-state index in [1.807, 2.05) is 48.5 Å². The highest BCUT2D eigenvalue weighted by atomic mass is 16.5. The van der Waals surface area contributed by atoms with Crippen molar-refractivity contribution in [3.63, 3.8) is 0 Å². The van der Waals surface area contributed by atoms with E-state index in [0.29, 0.717) is 45.3 Å². The number of benzene rings is 4. The third-order valence-electron chi connectivity index (χ3n) is 12.2. The van der Waals surface area contributed by atoms with Gasteiger partial charge in [-0.25, -0.2) is 9.97 Å². The predicted octanol–water partition coefficient (Wildman–Crippen LogP) is 2.95. The first-order valence-corrected chi connectivity index (χ1v) is 23.1. The first-order chi connectivity index (χ1) is 33.6. The van der Waals surface area contributed by atoms with E-state index in [9.17, 15) is 29.2 Å². The molecule has 5 amide bonds. The second-order valence-corrected chi connectivity index (χ2v) is 17.4. The largest absolute Gasteiger partial charge is 0.492 e. The fraction of sp³-hybridized carbons (Fsp3) is 0.346. The van der Waals surface area contributed by atoms with Gasteiger partial charge in [0.05, 0.1) is 17.3 Å². The molecule has 0 fully saturated rings. The highest BCUT2D eigenvalue weighted by molar-refractivity contribution is 6.00. The lowest BCUT2D eigenvalue weighted by atomic mass is 9.78. The number of rotatable bonds is 17. The number of hydrogen-bond acceptors (Lipinski definition) is 13. The van der Waals surface area contributed by atoms with Gasteiger partial charge >= 0.3 is 0 Å². The van der Waals surface area contributed by atoms with Crippen molar-refractivity contribution < 1.29 is 33.4 Å². The number of likely N-dealkylation sites (N-methyl/N-ethyl adjacent to an activating group) is 1. The Morgan fingerprint density at radius 2 is 1.51 bits per heavy atom. The Labute approximate surface area is 407 Å². The summed E-state index contributed by atoms with van der Waals surface area (Å²) in [5, 5.41) is 19.9. The van der Waals surface area contributed by atoms with Crippen LogP contribution in [-0.2, 0) is 31.0 Å². The Morgan fingerprint density at radius 1 is 0.871 bits per heavy atom. The van der Waals surface area contributed by atoms with Gasteiger partial charge in [0.1, 0.15) is 55.4 Å². The maximum Gasteiger partial charge on any atom is 0.255 e. The minimum absolute atomic E-state index is 0.00158. The van der Waals surface area contributed by atoms with Crippen molar-refractivity contribution in [3.05, 3.63) is 131 Å². The average Bonchev–Trinajstić information content (AvgIpc) is 3.36. The van der Waals surface area contributed by atoms with Crippen LogP contribution in [0.3, 0.4) is 0 Å². The number of carbonyl (C=O) groups is 5. The number of ether oxygens (including phenoxy) is 2. The molecule has 1 aromatic heterocycles. The van der Waals surface area contributed by atoms with Crippen LogP contribution in [-0.4, -0.2) is 109 Å². The predicted molar refractivity (Wildman–Crippen MR) is 264 cm³/mol. The summed E-state index contributed by atoms with van der Waals surface area (Å²) in [5.41, 5.74) is 22.9. The van der Waals surface area contributed by atoms with Crippen LogP contribution in [0.5, 0.6) is 11.5 Å². The van der Waals surface area contributed by atoms with Crippen LogP contribution in [0.1, 0.15) is 71.5 Å². The van der Waals surface area contributed by atoms with Gasteiger partial charge in [-0.2, -0.15) is 5.26 Å². The second-order valence-electron chi connectivity index (χ2n) is 17.4. The molecule has 4 bridgehead atoms. The van der Waals surface area contributed by atoms with Crippen molar-refractivity contribution >= 4 is 29.5 Å². The summed E-state index contributed by atoms with van der Waals surface area (Å²) in [5.74, 6) is -2.21. The molecule has 70 heavy (non-hydrogen) atoms. The number of aryl methyl sites for hydroxylation is 1. The fourth-order valence-corrected chi connectivity index (χ4v) is 8.25. The molecule has 4 atom stereocenters. The molecule has 5 aromatic rings. The average molecular weight is 952 g/mol. The van der Waals surface area contributed by atoms with Gasteiger partial charge in [-0.05, 0) is 73.3 Å². The number of amides is 5. The number of fused-ring (bicyclic) bond motifs is 5. The van der Waals surface area contributed by atoms with Gasteiger partial charge in [0.25, 0.3) is 5.91 Å².